The molecule has 0 spiro atoms. The molecule has 0 aliphatic rings. The van der Waals surface area contributed by atoms with E-state index < -0.39 is 0 Å². The number of aryl methyl sites for hydroxylation is 1. The van der Waals surface area contributed by atoms with Crippen LogP contribution in [0, 0.1) is 3.95 Å². The van der Waals surface area contributed by atoms with Gasteiger partial charge < -0.3 is 4.57 Å². The lowest BCUT2D eigenvalue weighted by Crippen LogP contribution is -1.84. The van der Waals surface area contributed by atoms with Crippen molar-refractivity contribution in [3.8, 4) is 0 Å². The predicted octanol–water partition coefficient (Wildman–Crippen LogP) is 4.11. The van der Waals surface area contributed by atoms with E-state index in [-0.39, 0.29) is 0 Å². The summed E-state index contributed by atoms with van der Waals surface area (Å²) in [7, 11) is 2.00. The van der Waals surface area contributed by atoms with Gasteiger partial charge in [-0.25, -0.2) is 0 Å². The second-order valence-electron chi connectivity index (χ2n) is 3.07. The number of hydrogen-bond donors (Lipinski definition) is 0. The average Bonchev–Trinajstić information content (AvgIpc) is 2.93. The van der Waals surface area contributed by atoms with Crippen LogP contribution in [-0.2, 0) is 7.05 Å². The van der Waals surface area contributed by atoms with Crippen LogP contribution in [0.15, 0.2) is 41.4 Å². The summed E-state index contributed by atoms with van der Waals surface area (Å²) >= 11 is 8.39. The van der Waals surface area contributed by atoms with E-state index in [9.17, 15) is 0 Å². The van der Waals surface area contributed by atoms with Crippen LogP contribution in [0.4, 0.5) is 0 Å². The van der Waals surface area contributed by atoms with Crippen molar-refractivity contribution in [1.29, 1.82) is 0 Å². The molecule has 0 atom stereocenters. The third-order valence-corrected chi connectivity index (χ3v) is 4.10. The summed E-state index contributed by atoms with van der Waals surface area (Å²) in [6, 6.07) is 8.24. The maximum absolute atomic E-state index is 5.14. The van der Waals surface area contributed by atoms with Gasteiger partial charge >= 0.3 is 0 Å². The highest BCUT2D eigenvalue weighted by molar-refractivity contribution is 7.73. The van der Waals surface area contributed by atoms with Gasteiger partial charge in [-0.15, -0.1) is 22.7 Å². The lowest BCUT2D eigenvalue weighted by atomic mass is 10.3. The zero-order valence-corrected chi connectivity index (χ0v) is 11.1. The molecule has 16 heavy (non-hydrogen) atoms. The van der Waals surface area contributed by atoms with E-state index >= 15 is 0 Å². The highest BCUT2D eigenvalue weighted by Gasteiger charge is 1.97. The molecule has 0 radical (unpaired) electrons. The molecule has 0 aliphatic heterocycles. The van der Waals surface area contributed by atoms with Crippen molar-refractivity contribution in [3.05, 3.63) is 45.3 Å². The number of thiazole rings is 2. The van der Waals surface area contributed by atoms with Gasteiger partial charge in [-0.05, 0) is 24.4 Å². The third kappa shape index (κ3) is 2.55. The number of benzene rings is 1. The number of aromatic nitrogens is 2. The highest BCUT2D eigenvalue weighted by atomic mass is 32.1. The van der Waals surface area contributed by atoms with E-state index in [1.54, 1.807) is 34.4 Å². The van der Waals surface area contributed by atoms with Gasteiger partial charge in [0.05, 0.1) is 15.7 Å². The zero-order chi connectivity index (χ0) is 11.4. The van der Waals surface area contributed by atoms with Crippen molar-refractivity contribution in [2.75, 3.05) is 0 Å². The van der Waals surface area contributed by atoms with Gasteiger partial charge in [0.25, 0.3) is 0 Å². The smallest absolute Gasteiger partial charge is 0.161 e. The minimum absolute atomic E-state index is 0.936. The fraction of sp³-hybridized carbons (Fsp3) is 0.0909. The van der Waals surface area contributed by atoms with Crippen molar-refractivity contribution in [3.63, 3.8) is 0 Å². The minimum Gasteiger partial charge on any atom is -0.326 e. The highest BCUT2D eigenvalue weighted by Crippen LogP contribution is 2.20. The molecule has 0 saturated heterocycles. The SMILES string of the molecule is Cn1c(=S)sc2ccccc21.c1cscn1. The fourth-order valence-electron chi connectivity index (χ4n) is 1.26. The van der Waals surface area contributed by atoms with Crippen molar-refractivity contribution < 1.29 is 0 Å². The molecule has 0 N–H and O–H groups in total. The Balaban J connectivity index is 0.000000162. The van der Waals surface area contributed by atoms with Crippen LogP contribution >= 0.6 is 34.9 Å². The number of para-hydroxylation sites is 1. The largest absolute Gasteiger partial charge is 0.326 e. The van der Waals surface area contributed by atoms with Gasteiger partial charge in [-0.1, -0.05) is 12.1 Å². The molecule has 2 aromatic heterocycles. The number of hydrogen-bond acceptors (Lipinski definition) is 4. The van der Waals surface area contributed by atoms with Gasteiger partial charge in [-0.2, -0.15) is 0 Å². The first-order valence-corrected chi connectivity index (χ1v) is 6.82. The average molecular weight is 266 g/mol. The first-order chi connectivity index (χ1) is 7.79. The molecule has 0 aliphatic carbocycles. The molecule has 82 valence electrons. The summed E-state index contributed by atoms with van der Waals surface area (Å²) in [5, 5.41) is 1.93. The minimum atomic E-state index is 0.936. The Kier molecular flexibility index (Phi) is 3.82. The first kappa shape index (κ1) is 11.4. The predicted molar refractivity (Wildman–Crippen MR) is 73.7 cm³/mol. The van der Waals surface area contributed by atoms with Crippen molar-refractivity contribution in [2.45, 2.75) is 0 Å². The van der Waals surface area contributed by atoms with Gasteiger partial charge in [0.2, 0.25) is 0 Å². The van der Waals surface area contributed by atoms with Crippen molar-refractivity contribution in [2.24, 2.45) is 7.05 Å². The summed E-state index contributed by atoms with van der Waals surface area (Å²) in [5.74, 6) is 0. The zero-order valence-electron chi connectivity index (χ0n) is 8.66. The maximum atomic E-state index is 5.14. The molecular weight excluding hydrogens is 256 g/mol. The molecule has 0 amide bonds. The second-order valence-corrected chi connectivity index (χ2v) is 5.50. The summed E-state index contributed by atoms with van der Waals surface area (Å²) in [6.07, 6.45) is 1.77. The summed E-state index contributed by atoms with van der Waals surface area (Å²) in [5.41, 5.74) is 3.02. The molecule has 2 heterocycles. The maximum Gasteiger partial charge on any atom is 0.161 e. The molecule has 0 unspecified atom stereocenters. The van der Waals surface area contributed by atoms with Crippen LogP contribution in [0.1, 0.15) is 0 Å². The van der Waals surface area contributed by atoms with Crippen LogP contribution in [0.25, 0.3) is 10.2 Å². The molecule has 3 rings (SSSR count). The van der Waals surface area contributed by atoms with E-state index in [4.69, 9.17) is 12.2 Å². The lowest BCUT2D eigenvalue weighted by molar-refractivity contribution is 0.964. The Labute approximate surface area is 107 Å². The summed E-state index contributed by atoms with van der Waals surface area (Å²) in [6.45, 7) is 0. The van der Waals surface area contributed by atoms with E-state index in [0.29, 0.717) is 0 Å². The monoisotopic (exact) mass is 266 g/mol. The standard InChI is InChI=1S/C8H7NS2.C3H3NS/c1-9-6-4-2-3-5-7(6)11-8(9)10;1-2-5-3-4-1/h2-5H,1H3;1-3H. The molecule has 0 saturated carbocycles. The fourth-order valence-corrected chi connectivity index (χ4v) is 2.86. The normalized spacial score (nSPS) is 9.81. The lowest BCUT2D eigenvalue weighted by Gasteiger charge is -1.91. The topological polar surface area (TPSA) is 17.8 Å². The number of rotatable bonds is 0. The van der Waals surface area contributed by atoms with Gasteiger partial charge in [0.15, 0.2) is 3.95 Å². The summed E-state index contributed by atoms with van der Waals surface area (Å²) < 4.78 is 4.24. The Hall–Kier alpha value is -1.04. The van der Waals surface area contributed by atoms with Crippen molar-refractivity contribution in [1.82, 2.24) is 9.55 Å². The summed E-state index contributed by atoms with van der Waals surface area (Å²) in [4.78, 5) is 3.74. The number of nitrogens with zero attached hydrogens (tertiary/aromatic N) is 2. The Morgan fingerprint density at radius 2 is 2.12 bits per heavy atom. The van der Waals surface area contributed by atoms with E-state index in [1.807, 2.05) is 29.1 Å². The first-order valence-electron chi connectivity index (χ1n) is 4.66. The molecule has 0 bridgehead atoms. The Morgan fingerprint density at radius 3 is 2.69 bits per heavy atom. The molecule has 0 fully saturated rings. The van der Waals surface area contributed by atoms with Gasteiger partial charge in [0, 0.05) is 18.6 Å². The quantitative estimate of drug-likeness (QED) is 0.570. The van der Waals surface area contributed by atoms with Crippen LogP contribution in [-0.4, -0.2) is 9.55 Å². The van der Waals surface area contributed by atoms with Crippen LogP contribution in [0.2, 0.25) is 0 Å². The number of fused-ring (bicyclic) bond motifs is 1. The van der Waals surface area contributed by atoms with E-state index in [1.165, 1.54) is 10.2 Å². The van der Waals surface area contributed by atoms with Crippen LogP contribution in [0.5, 0.6) is 0 Å². The Bertz CT molecular complexity index is 590. The third-order valence-electron chi connectivity index (χ3n) is 2.04. The van der Waals surface area contributed by atoms with E-state index in [2.05, 4.69) is 17.1 Å². The van der Waals surface area contributed by atoms with Crippen LogP contribution in [0.3, 0.4) is 0 Å². The Morgan fingerprint density at radius 1 is 1.31 bits per heavy atom. The van der Waals surface area contributed by atoms with Crippen molar-refractivity contribution >= 4 is 45.1 Å². The van der Waals surface area contributed by atoms with Gasteiger partial charge in [-0.3, -0.25) is 4.98 Å². The molecule has 5 heteroatoms. The van der Waals surface area contributed by atoms with Gasteiger partial charge in [0.1, 0.15) is 0 Å². The second kappa shape index (κ2) is 5.34. The molecular formula is C11H10N2S3. The molecule has 1 aromatic carbocycles. The molecule has 3 aromatic rings. The molecule has 2 nitrogen and oxygen atoms in total. The van der Waals surface area contributed by atoms with Crippen LogP contribution < -0.4 is 0 Å². The van der Waals surface area contributed by atoms with E-state index in [0.717, 1.165) is 3.95 Å².